The molecule has 1 saturated heterocycles. The van der Waals surface area contributed by atoms with Crippen molar-refractivity contribution >= 4 is 17.5 Å². The van der Waals surface area contributed by atoms with Crippen LogP contribution in [0.1, 0.15) is 0 Å². The lowest BCUT2D eigenvalue weighted by Crippen LogP contribution is -2.50. The molecule has 0 radical (unpaired) electrons. The predicted molar refractivity (Wildman–Crippen MR) is 71.1 cm³/mol. The molecule has 1 aromatic carbocycles. The van der Waals surface area contributed by atoms with E-state index in [4.69, 9.17) is 4.74 Å². The first kappa shape index (κ1) is 13.4. The summed E-state index contributed by atoms with van der Waals surface area (Å²) in [5, 5.41) is 5.72. The second-order valence-electron chi connectivity index (χ2n) is 4.27. The first-order valence-corrected chi connectivity index (χ1v) is 6.11. The Kier molecular flexibility index (Phi) is 4.35. The van der Waals surface area contributed by atoms with Gasteiger partial charge < -0.3 is 20.3 Å². The standard InChI is InChI=1S/C13H17N3O3/c1-19-11-4-2-10(3-5-11)15-12(17)9-16-7-6-14-8-13(16)18/h2-5,14H,6-9H2,1H3,(H,15,17). The van der Waals surface area contributed by atoms with Crippen molar-refractivity contribution in [2.45, 2.75) is 0 Å². The van der Waals surface area contributed by atoms with Gasteiger partial charge in [0, 0.05) is 18.8 Å². The third kappa shape index (κ3) is 3.69. The Morgan fingerprint density at radius 3 is 2.79 bits per heavy atom. The highest BCUT2D eigenvalue weighted by Gasteiger charge is 2.19. The van der Waals surface area contributed by atoms with E-state index in [9.17, 15) is 9.59 Å². The third-order valence-electron chi connectivity index (χ3n) is 2.90. The molecule has 0 aliphatic carbocycles. The molecule has 1 heterocycles. The van der Waals surface area contributed by atoms with E-state index < -0.39 is 0 Å². The minimum absolute atomic E-state index is 0.0452. The van der Waals surface area contributed by atoms with Crippen molar-refractivity contribution in [2.75, 3.05) is 38.6 Å². The molecule has 1 aliphatic rings. The number of amides is 2. The van der Waals surface area contributed by atoms with Crippen LogP contribution in [0.3, 0.4) is 0 Å². The van der Waals surface area contributed by atoms with Gasteiger partial charge in [0.2, 0.25) is 11.8 Å². The largest absolute Gasteiger partial charge is 0.497 e. The van der Waals surface area contributed by atoms with Crippen molar-refractivity contribution in [1.82, 2.24) is 10.2 Å². The molecule has 0 unspecified atom stereocenters. The molecule has 102 valence electrons. The summed E-state index contributed by atoms with van der Waals surface area (Å²) >= 11 is 0. The van der Waals surface area contributed by atoms with E-state index in [0.29, 0.717) is 18.8 Å². The van der Waals surface area contributed by atoms with E-state index in [1.807, 2.05) is 0 Å². The van der Waals surface area contributed by atoms with Gasteiger partial charge in [0.15, 0.2) is 0 Å². The smallest absolute Gasteiger partial charge is 0.243 e. The summed E-state index contributed by atoms with van der Waals surface area (Å²) in [5.41, 5.74) is 0.688. The molecule has 19 heavy (non-hydrogen) atoms. The molecular formula is C13H17N3O3. The molecule has 1 aliphatic heterocycles. The molecule has 0 atom stereocenters. The maximum Gasteiger partial charge on any atom is 0.243 e. The van der Waals surface area contributed by atoms with E-state index in [1.165, 1.54) is 0 Å². The Hall–Kier alpha value is -2.08. The maximum atomic E-state index is 11.8. The number of benzene rings is 1. The summed E-state index contributed by atoms with van der Waals surface area (Å²) in [6.07, 6.45) is 0. The lowest BCUT2D eigenvalue weighted by atomic mass is 10.3. The van der Waals surface area contributed by atoms with Crippen molar-refractivity contribution in [3.63, 3.8) is 0 Å². The zero-order valence-corrected chi connectivity index (χ0v) is 10.8. The van der Waals surface area contributed by atoms with Crippen LogP contribution in [0.25, 0.3) is 0 Å². The van der Waals surface area contributed by atoms with Gasteiger partial charge >= 0.3 is 0 Å². The van der Waals surface area contributed by atoms with Gasteiger partial charge in [-0.2, -0.15) is 0 Å². The molecule has 6 nitrogen and oxygen atoms in total. The summed E-state index contributed by atoms with van der Waals surface area (Å²) in [5.74, 6) is 0.492. The number of rotatable bonds is 4. The summed E-state index contributed by atoms with van der Waals surface area (Å²) in [6.45, 7) is 1.68. The van der Waals surface area contributed by atoms with Crippen molar-refractivity contribution in [3.8, 4) is 5.75 Å². The van der Waals surface area contributed by atoms with Crippen LogP contribution in [-0.4, -0.2) is 50.0 Å². The molecule has 0 bridgehead atoms. The second-order valence-corrected chi connectivity index (χ2v) is 4.27. The lowest BCUT2D eigenvalue weighted by Gasteiger charge is -2.26. The first-order valence-electron chi connectivity index (χ1n) is 6.11. The van der Waals surface area contributed by atoms with E-state index in [2.05, 4.69) is 10.6 Å². The Morgan fingerprint density at radius 2 is 2.16 bits per heavy atom. The van der Waals surface area contributed by atoms with Crippen LogP contribution in [0.4, 0.5) is 5.69 Å². The fourth-order valence-electron chi connectivity index (χ4n) is 1.86. The van der Waals surface area contributed by atoms with Gasteiger partial charge in [-0.3, -0.25) is 9.59 Å². The zero-order chi connectivity index (χ0) is 13.7. The summed E-state index contributed by atoms with van der Waals surface area (Å²) in [7, 11) is 1.59. The molecule has 6 heteroatoms. The highest BCUT2D eigenvalue weighted by Crippen LogP contribution is 2.14. The van der Waals surface area contributed by atoms with Crippen molar-refractivity contribution in [1.29, 1.82) is 0 Å². The fraction of sp³-hybridized carbons (Fsp3) is 0.385. The molecule has 2 N–H and O–H groups in total. The summed E-state index contributed by atoms with van der Waals surface area (Å²) in [6, 6.07) is 7.06. The molecule has 2 amide bonds. The molecule has 0 aromatic heterocycles. The monoisotopic (exact) mass is 263 g/mol. The Balaban J connectivity index is 1.87. The number of anilines is 1. The number of carbonyl (C=O) groups is 2. The van der Waals surface area contributed by atoms with Crippen molar-refractivity contribution < 1.29 is 14.3 Å². The number of ether oxygens (including phenoxy) is 1. The number of methoxy groups -OCH3 is 1. The van der Waals surface area contributed by atoms with E-state index >= 15 is 0 Å². The molecule has 0 saturated carbocycles. The number of hydrogen-bond acceptors (Lipinski definition) is 4. The zero-order valence-electron chi connectivity index (χ0n) is 10.8. The number of piperazine rings is 1. The lowest BCUT2D eigenvalue weighted by molar-refractivity contribution is -0.135. The minimum atomic E-state index is -0.194. The number of carbonyl (C=O) groups excluding carboxylic acids is 2. The van der Waals surface area contributed by atoms with Crippen LogP contribution in [-0.2, 0) is 9.59 Å². The topological polar surface area (TPSA) is 70.7 Å². The van der Waals surface area contributed by atoms with Gasteiger partial charge in [-0.05, 0) is 24.3 Å². The molecular weight excluding hydrogens is 246 g/mol. The molecule has 0 spiro atoms. The van der Waals surface area contributed by atoms with Gasteiger partial charge in [-0.25, -0.2) is 0 Å². The second kappa shape index (κ2) is 6.19. The van der Waals surface area contributed by atoms with Crippen LogP contribution in [0.5, 0.6) is 5.75 Å². The van der Waals surface area contributed by atoms with Gasteiger partial charge in [0.1, 0.15) is 5.75 Å². The van der Waals surface area contributed by atoms with E-state index in [0.717, 1.165) is 12.3 Å². The van der Waals surface area contributed by atoms with Gasteiger partial charge in [0.05, 0.1) is 20.2 Å². The van der Waals surface area contributed by atoms with Crippen LogP contribution in [0, 0.1) is 0 Å². The minimum Gasteiger partial charge on any atom is -0.497 e. The first-order chi connectivity index (χ1) is 9.19. The average Bonchev–Trinajstić information content (AvgIpc) is 2.42. The average molecular weight is 263 g/mol. The van der Waals surface area contributed by atoms with Crippen LogP contribution in [0.2, 0.25) is 0 Å². The Morgan fingerprint density at radius 1 is 1.42 bits per heavy atom. The highest BCUT2D eigenvalue weighted by molar-refractivity contribution is 5.94. The quantitative estimate of drug-likeness (QED) is 0.806. The van der Waals surface area contributed by atoms with Crippen LogP contribution < -0.4 is 15.4 Å². The Bertz CT molecular complexity index is 459. The van der Waals surface area contributed by atoms with Crippen LogP contribution >= 0.6 is 0 Å². The number of nitrogens with zero attached hydrogens (tertiary/aromatic N) is 1. The molecule has 1 fully saturated rings. The van der Waals surface area contributed by atoms with Crippen molar-refractivity contribution in [2.24, 2.45) is 0 Å². The van der Waals surface area contributed by atoms with Gasteiger partial charge in [-0.15, -0.1) is 0 Å². The van der Waals surface area contributed by atoms with E-state index in [1.54, 1.807) is 36.3 Å². The third-order valence-corrected chi connectivity index (χ3v) is 2.90. The highest BCUT2D eigenvalue weighted by atomic mass is 16.5. The fourth-order valence-corrected chi connectivity index (χ4v) is 1.86. The van der Waals surface area contributed by atoms with Crippen LogP contribution in [0.15, 0.2) is 24.3 Å². The number of nitrogens with one attached hydrogen (secondary N) is 2. The van der Waals surface area contributed by atoms with Gasteiger partial charge in [0.25, 0.3) is 0 Å². The summed E-state index contributed by atoms with van der Waals surface area (Å²) < 4.78 is 5.04. The summed E-state index contributed by atoms with van der Waals surface area (Å²) in [4.78, 5) is 24.9. The Labute approximate surface area is 111 Å². The van der Waals surface area contributed by atoms with E-state index in [-0.39, 0.29) is 18.4 Å². The maximum absolute atomic E-state index is 11.8. The van der Waals surface area contributed by atoms with Gasteiger partial charge in [-0.1, -0.05) is 0 Å². The number of hydrogen-bond donors (Lipinski definition) is 2. The normalized spacial score (nSPS) is 15.2. The predicted octanol–water partition coefficient (Wildman–Crippen LogP) is 0.0655. The van der Waals surface area contributed by atoms with Crippen molar-refractivity contribution in [3.05, 3.63) is 24.3 Å². The SMILES string of the molecule is COc1ccc(NC(=O)CN2CCNCC2=O)cc1. The molecule has 2 rings (SSSR count). The molecule has 1 aromatic rings.